The van der Waals surface area contributed by atoms with Crippen LogP contribution in [0.1, 0.15) is 5.69 Å². The van der Waals surface area contributed by atoms with Crippen molar-refractivity contribution in [2.45, 2.75) is 13.1 Å². The van der Waals surface area contributed by atoms with E-state index in [0.717, 1.165) is 0 Å². The Bertz CT molecular complexity index is 552. The molecule has 0 fully saturated rings. The molecule has 0 unspecified atom stereocenters. The van der Waals surface area contributed by atoms with Crippen molar-refractivity contribution in [1.82, 2.24) is 24.5 Å². The molecule has 16 heavy (non-hydrogen) atoms. The lowest BCUT2D eigenvalue weighted by molar-refractivity contribution is -0.137. The molecule has 0 atom stereocenters. The average molecular weight is 223 g/mol. The van der Waals surface area contributed by atoms with Gasteiger partial charge in [0, 0.05) is 12.4 Å². The van der Waals surface area contributed by atoms with Crippen LogP contribution in [0.2, 0.25) is 0 Å². The van der Waals surface area contributed by atoms with Crippen molar-refractivity contribution < 1.29 is 9.90 Å². The zero-order valence-corrected chi connectivity index (χ0v) is 8.20. The van der Waals surface area contributed by atoms with Crippen molar-refractivity contribution in [2.75, 3.05) is 0 Å². The van der Waals surface area contributed by atoms with Crippen LogP contribution in [0.3, 0.4) is 0 Å². The van der Waals surface area contributed by atoms with Gasteiger partial charge in [0.1, 0.15) is 12.2 Å². The number of aromatic amines is 1. The van der Waals surface area contributed by atoms with Gasteiger partial charge in [-0.25, -0.2) is 9.48 Å². The highest BCUT2D eigenvalue weighted by molar-refractivity contribution is 5.66. The third-order valence-corrected chi connectivity index (χ3v) is 1.94. The molecule has 8 heteroatoms. The largest absolute Gasteiger partial charge is 0.480 e. The van der Waals surface area contributed by atoms with Gasteiger partial charge in [0.25, 0.3) is 0 Å². The van der Waals surface area contributed by atoms with Gasteiger partial charge in [-0.1, -0.05) is 5.21 Å². The van der Waals surface area contributed by atoms with Gasteiger partial charge >= 0.3 is 11.7 Å². The molecular formula is C8H9N5O3. The maximum Gasteiger partial charge on any atom is 0.325 e. The number of rotatable bonds is 4. The van der Waals surface area contributed by atoms with E-state index < -0.39 is 5.97 Å². The zero-order chi connectivity index (χ0) is 11.5. The molecule has 0 bridgehead atoms. The van der Waals surface area contributed by atoms with Gasteiger partial charge < -0.3 is 10.1 Å². The molecule has 2 aromatic rings. The molecule has 2 heterocycles. The second kappa shape index (κ2) is 4.01. The standard InChI is InChI=1S/C8H9N5O3/c14-7(15)5-13-4-6(10-11-13)3-12-2-1-9-8(12)16/h1-2,4H,3,5H2,(H,9,16)(H,14,15). The number of imidazole rings is 1. The minimum Gasteiger partial charge on any atom is -0.480 e. The van der Waals surface area contributed by atoms with Gasteiger partial charge in [-0.3, -0.25) is 9.36 Å². The Hall–Kier alpha value is -2.38. The Kier molecular flexibility index (Phi) is 2.54. The maximum atomic E-state index is 11.2. The van der Waals surface area contributed by atoms with Gasteiger partial charge in [0.15, 0.2) is 0 Å². The third kappa shape index (κ3) is 2.16. The Labute approximate surface area is 89.1 Å². The first kappa shape index (κ1) is 10.1. The lowest BCUT2D eigenvalue weighted by Crippen LogP contribution is -2.16. The van der Waals surface area contributed by atoms with Gasteiger partial charge in [-0.2, -0.15) is 0 Å². The van der Waals surface area contributed by atoms with E-state index in [0.29, 0.717) is 5.69 Å². The molecule has 0 radical (unpaired) electrons. The van der Waals surface area contributed by atoms with E-state index in [1.165, 1.54) is 21.6 Å². The van der Waals surface area contributed by atoms with E-state index in [2.05, 4.69) is 15.3 Å². The quantitative estimate of drug-likeness (QED) is 0.684. The number of H-pyrrole nitrogens is 1. The van der Waals surface area contributed by atoms with E-state index in [-0.39, 0.29) is 18.8 Å². The van der Waals surface area contributed by atoms with Gasteiger partial charge in [0.05, 0.1) is 12.7 Å². The molecule has 0 aliphatic rings. The van der Waals surface area contributed by atoms with Crippen LogP contribution in [0.4, 0.5) is 0 Å². The summed E-state index contributed by atoms with van der Waals surface area (Å²) in [5.41, 5.74) is 0.288. The fourth-order valence-corrected chi connectivity index (χ4v) is 1.28. The number of hydrogen-bond donors (Lipinski definition) is 2. The van der Waals surface area contributed by atoms with E-state index >= 15 is 0 Å². The first-order valence-corrected chi connectivity index (χ1v) is 4.50. The number of aromatic nitrogens is 5. The summed E-state index contributed by atoms with van der Waals surface area (Å²) in [6.07, 6.45) is 4.59. The molecule has 0 aliphatic heterocycles. The lowest BCUT2D eigenvalue weighted by atomic mass is 10.4. The summed E-state index contributed by atoms with van der Waals surface area (Å²) < 4.78 is 2.62. The number of nitrogens with one attached hydrogen (secondary N) is 1. The van der Waals surface area contributed by atoms with Gasteiger partial charge in [0.2, 0.25) is 0 Å². The van der Waals surface area contributed by atoms with Crippen molar-refractivity contribution in [1.29, 1.82) is 0 Å². The van der Waals surface area contributed by atoms with Crippen LogP contribution in [-0.4, -0.2) is 35.6 Å². The van der Waals surface area contributed by atoms with Crippen LogP contribution in [0.15, 0.2) is 23.4 Å². The molecule has 84 valence electrons. The predicted molar refractivity (Wildman–Crippen MR) is 51.8 cm³/mol. The average Bonchev–Trinajstić information content (AvgIpc) is 2.77. The monoisotopic (exact) mass is 223 g/mol. The molecule has 8 nitrogen and oxygen atoms in total. The Morgan fingerprint density at radius 1 is 1.56 bits per heavy atom. The lowest BCUT2D eigenvalue weighted by Gasteiger charge is -1.94. The van der Waals surface area contributed by atoms with Crippen molar-refractivity contribution in [3.63, 3.8) is 0 Å². The van der Waals surface area contributed by atoms with Crippen LogP contribution in [0.5, 0.6) is 0 Å². The molecule has 0 aliphatic carbocycles. The molecule has 2 rings (SSSR count). The Morgan fingerprint density at radius 2 is 2.38 bits per heavy atom. The normalized spacial score (nSPS) is 10.5. The van der Waals surface area contributed by atoms with Crippen LogP contribution < -0.4 is 5.69 Å². The fourth-order valence-electron chi connectivity index (χ4n) is 1.28. The summed E-state index contributed by atoms with van der Waals surface area (Å²) in [6.45, 7) is 0.0248. The second-order valence-corrected chi connectivity index (χ2v) is 3.19. The smallest absolute Gasteiger partial charge is 0.325 e. The highest BCUT2D eigenvalue weighted by Crippen LogP contribution is 1.95. The second-order valence-electron chi connectivity index (χ2n) is 3.19. The number of carboxylic acid groups (broad SMARTS) is 1. The number of carbonyl (C=O) groups is 1. The molecule has 2 aromatic heterocycles. The summed E-state index contributed by atoms with van der Waals surface area (Å²) in [7, 11) is 0. The van der Waals surface area contributed by atoms with E-state index in [4.69, 9.17) is 5.11 Å². The van der Waals surface area contributed by atoms with Gasteiger partial charge in [-0.15, -0.1) is 5.10 Å². The minimum absolute atomic E-state index is 0.241. The molecule has 0 saturated carbocycles. The summed E-state index contributed by atoms with van der Waals surface area (Å²) >= 11 is 0. The number of nitrogens with zero attached hydrogens (tertiary/aromatic N) is 4. The molecule has 0 spiro atoms. The topological polar surface area (TPSA) is 106 Å². The first-order chi connectivity index (χ1) is 7.65. The molecular weight excluding hydrogens is 214 g/mol. The molecule has 0 aromatic carbocycles. The van der Waals surface area contributed by atoms with Crippen molar-refractivity contribution in [3.05, 3.63) is 34.8 Å². The number of aliphatic carboxylic acids is 1. The first-order valence-electron chi connectivity index (χ1n) is 4.50. The highest BCUT2D eigenvalue weighted by atomic mass is 16.4. The predicted octanol–water partition coefficient (Wildman–Crippen LogP) is -1.10. The number of carboxylic acids is 1. The van der Waals surface area contributed by atoms with Crippen LogP contribution >= 0.6 is 0 Å². The van der Waals surface area contributed by atoms with E-state index in [1.54, 1.807) is 6.20 Å². The van der Waals surface area contributed by atoms with Crippen LogP contribution in [0.25, 0.3) is 0 Å². The summed E-state index contributed by atoms with van der Waals surface area (Å²) in [5.74, 6) is -0.990. The summed E-state index contributed by atoms with van der Waals surface area (Å²) in [6, 6.07) is 0. The third-order valence-electron chi connectivity index (χ3n) is 1.94. The highest BCUT2D eigenvalue weighted by Gasteiger charge is 2.05. The maximum absolute atomic E-state index is 11.2. The molecule has 0 amide bonds. The Balaban J connectivity index is 2.11. The summed E-state index contributed by atoms with van der Waals surface area (Å²) in [4.78, 5) is 24.1. The van der Waals surface area contributed by atoms with Gasteiger partial charge in [-0.05, 0) is 0 Å². The zero-order valence-electron chi connectivity index (χ0n) is 8.20. The minimum atomic E-state index is -0.990. The summed E-state index contributed by atoms with van der Waals surface area (Å²) in [5, 5.41) is 15.9. The van der Waals surface area contributed by atoms with Crippen molar-refractivity contribution >= 4 is 5.97 Å². The van der Waals surface area contributed by atoms with Crippen molar-refractivity contribution in [3.8, 4) is 0 Å². The SMILES string of the molecule is O=C(O)Cn1cc(Cn2cc[nH]c2=O)nn1. The van der Waals surface area contributed by atoms with Crippen LogP contribution in [0, 0.1) is 0 Å². The van der Waals surface area contributed by atoms with E-state index in [9.17, 15) is 9.59 Å². The Morgan fingerprint density at radius 3 is 3.00 bits per heavy atom. The fraction of sp³-hybridized carbons (Fsp3) is 0.250. The molecule has 2 N–H and O–H groups in total. The number of hydrogen-bond acceptors (Lipinski definition) is 4. The van der Waals surface area contributed by atoms with Crippen molar-refractivity contribution in [2.24, 2.45) is 0 Å². The molecule has 0 saturated heterocycles. The van der Waals surface area contributed by atoms with E-state index in [1.807, 2.05) is 0 Å². The van der Waals surface area contributed by atoms with Crippen LogP contribution in [-0.2, 0) is 17.9 Å².